The molecule has 0 saturated carbocycles. The summed E-state index contributed by atoms with van der Waals surface area (Å²) < 4.78 is 31.8. The van der Waals surface area contributed by atoms with E-state index in [0.29, 0.717) is 5.75 Å². The summed E-state index contributed by atoms with van der Waals surface area (Å²) in [5.74, 6) is 0.650. The Morgan fingerprint density at radius 2 is 1.71 bits per heavy atom. The van der Waals surface area contributed by atoms with Crippen LogP contribution in [0.15, 0.2) is 29.2 Å². The van der Waals surface area contributed by atoms with Gasteiger partial charge in [-0.25, -0.2) is 8.42 Å². The first-order chi connectivity index (χ1) is 8.03. The molecule has 1 N–H and O–H groups in total. The highest BCUT2D eigenvalue weighted by atomic mass is 32.2. The minimum absolute atomic E-state index is 0.285. The third-order valence-corrected chi connectivity index (χ3v) is 6.80. The van der Waals surface area contributed by atoms with Crippen molar-refractivity contribution in [3.63, 3.8) is 0 Å². The first kappa shape index (κ1) is 14.4. The number of sulfonamides is 1. The molecule has 0 spiro atoms. The van der Waals surface area contributed by atoms with Gasteiger partial charge in [-0.2, -0.15) is 4.49 Å². The molecule has 17 heavy (non-hydrogen) atoms. The summed E-state index contributed by atoms with van der Waals surface area (Å²) in [5, 5.41) is 0. The highest BCUT2D eigenvalue weighted by molar-refractivity contribution is 7.95. The second-order valence-corrected chi connectivity index (χ2v) is 8.00. The molecule has 0 aliphatic carbocycles. The number of hydrogen-bond donors (Lipinski definition) is 1. The van der Waals surface area contributed by atoms with Crippen LogP contribution in [0, 0.1) is 0 Å². The van der Waals surface area contributed by atoms with Gasteiger partial charge in [0.2, 0.25) is 10.0 Å². The van der Waals surface area contributed by atoms with Crippen LogP contribution in [0.1, 0.15) is 13.8 Å². The molecule has 1 aromatic rings. The van der Waals surface area contributed by atoms with Crippen LogP contribution < -0.4 is 9.23 Å². The van der Waals surface area contributed by atoms with Crippen LogP contribution >= 0.6 is 8.07 Å². The predicted octanol–water partition coefficient (Wildman–Crippen LogP) is 2.41. The molecule has 0 atom stereocenters. The zero-order valence-corrected chi connectivity index (χ0v) is 12.0. The fraction of sp³-hybridized carbons (Fsp3) is 0.455. The van der Waals surface area contributed by atoms with Crippen LogP contribution in [0.4, 0.5) is 0 Å². The average molecular weight is 275 g/mol. The van der Waals surface area contributed by atoms with Crippen LogP contribution in [0.25, 0.3) is 0 Å². The number of hydrogen-bond acceptors (Lipinski definition) is 3. The van der Waals surface area contributed by atoms with Crippen molar-refractivity contribution in [3.8, 4) is 5.75 Å². The zero-order chi connectivity index (χ0) is 12.9. The lowest BCUT2D eigenvalue weighted by Gasteiger charge is -2.15. The van der Waals surface area contributed by atoms with Crippen molar-refractivity contribution in [1.29, 1.82) is 0 Å². The summed E-state index contributed by atoms with van der Waals surface area (Å²) >= 11 is 0. The topological polar surface area (TPSA) is 55.4 Å². The van der Waals surface area contributed by atoms with Crippen molar-refractivity contribution in [2.45, 2.75) is 18.7 Å². The minimum atomic E-state index is -3.39. The predicted molar refractivity (Wildman–Crippen MR) is 71.3 cm³/mol. The molecule has 0 aliphatic heterocycles. The number of rotatable bonds is 6. The van der Waals surface area contributed by atoms with Crippen LogP contribution in [0.3, 0.4) is 0 Å². The maximum atomic E-state index is 12.0. The van der Waals surface area contributed by atoms with E-state index < -0.39 is 18.1 Å². The van der Waals surface area contributed by atoms with Gasteiger partial charge in [-0.15, -0.1) is 0 Å². The standard InChI is InChI=1S/C11H18NO3PS/c1-4-16(5-2)12-17(13,14)11-8-6-10(15-3)7-9-11/h6-9,12H,4-5H2,1-3H3. The van der Waals surface area contributed by atoms with E-state index in [0.717, 1.165) is 12.3 Å². The van der Waals surface area contributed by atoms with Crippen molar-refractivity contribution in [3.05, 3.63) is 24.3 Å². The maximum absolute atomic E-state index is 12.0. The molecule has 0 aromatic heterocycles. The van der Waals surface area contributed by atoms with Gasteiger partial charge in [-0.1, -0.05) is 13.8 Å². The van der Waals surface area contributed by atoms with Gasteiger partial charge in [-0.05, 0) is 44.7 Å². The molecule has 6 heteroatoms. The lowest BCUT2D eigenvalue weighted by molar-refractivity contribution is 0.414. The van der Waals surface area contributed by atoms with E-state index in [1.807, 2.05) is 13.8 Å². The SMILES string of the molecule is CCP(CC)NS(=O)(=O)c1ccc(OC)cc1. The van der Waals surface area contributed by atoms with Gasteiger partial charge in [0, 0.05) is 0 Å². The van der Waals surface area contributed by atoms with Crippen molar-refractivity contribution < 1.29 is 13.2 Å². The van der Waals surface area contributed by atoms with Gasteiger partial charge in [0.1, 0.15) is 5.75 Å². The third-order valence-electron chi connectivity index (χ3n) is 2.38. The Morgan fingerprint density at radius 1 is 1.18 bits per heavy atom. The van der Waals surface area contributed by atoms with Crippen LogP contribution in [0.5, 0.6) is 5.75 Å². The van der Waals surface area contributed by atoms with E-state index in [2.05, 4.69) is 4.49 Å². The Hall–Kier alpha value is -0.640. The number of nitrogens with one attached hydrogen (secondary N) is 1. The number of methoxy groups -OCH3 is 1. The second kappa shape index (κ2) is 6.34. The quantitative estimate of drug-likeness (QED) is 0.811. The van der Waals surface area contributed by atoms with Gasteiger partial charge < -0.3 is 4.74 Å². The molecule has 4 nitrogen and oxygen atoms in total. The fourth-order valence-corrected chi connectivity index (χ4v) is 5.09. The number of ether oxygens (including phenoxy) is 1. The maximum Gasteiger partial charge on any atom is 0.243 e. The molecule has 1 rings (SSSR count). The van der Waals surface area contributed by atoms with Crippen molar-refractivity contribution >= 4 is 18.1 Å². The Balaban J connectivity index is 2.89. The highest BCUT2D eigenvalue weighted by Crippen LogP contribution is 2.31. The Labute approximate surface area is 104 Å². The number of benzene rings is 1. The van der Waals surface area contributed by atoms with E-state index in [1.54, 1.807) is 31.4 Å². The highest BCUT2D eigenvalue weighted by Gasteiger charge is 2.17. The molecule has 0 saturated heterocycles. The van der Waals surface area contributed by atoms with Crippen molar-refractivity contribution in [1.82, 2.24) is 4.49 Å². The Kier molecular flexibility index (Phi) is 5.37. The lowest BCUT2D eigenvalue weighted by atomic mass is 10.3. The summed E-state index contributed by atoms with van der Waals surface area (Å²) in [6, 6.07) is 6.41. The molecular weight excluding hydrogens is 257 g/mol. The molecule has 0 aliphatic rings. The van der Waals surface area contributed by atoms with Crippen LogP contribution in [-0.4, -0.2) is 27.9 Å². The second-order valence-electron chi connectivity index (χ2n) is 3.44. The summed E-state index contributed by atoms with van der Waals surface area (Å²) in [6.45, 7) is 3.98. The zero-order valence-electron chi connectivity index (χ0n) is 10.3. The summed E-state index contributed by atoms with van der Waals surface area (Å²) in [7, 11) is -2.48. The fourth-order valence-electron chi connectivity index (χ4n) is 1.33. The van der Waals surface area contributed by atoms with Gasteiger partial charge in [0.15, 0.2) is 0 Å². The first-order valence-electron chi connectivity index (χ1n) is 5.45. The Morgan fingerprint density at radius 3 is 2.12 bits per heavy atom. The van der Waals surface area contributed by atoms with Crippen LogP contribution in [0.2, 0.25) is 0 Å². The molecule has 0 fully saturated rings. The first-order valence-corrected chi connectivity index (χ1v) is 8.64. The van der Waals surface area contributed by atoms with E-state index in [9.17, 15) is 8.42 Å². The molecule has 96 valence electrons. The Bertz CT molecular complexity index is 440. The smallest absolute Gasteiger partial charge is 0.243 e. The molecule has 0 amide bonds. The van der Waals surface area contributed by atoms with Crippen molar-refractivity contribution in [2.24, 2.45) is 0 Å². The molecule has 1 aromatic carbocycles. The normalized spacial score (nSPS) is 11.8. The molecule has 0 bridgehead atoms. The van der Waals surface area contributed by atoms with Crippen LogP contribution in [-0.2, 0) is 10.0 Å². The van der Waals surface area contributed by atoms with Gasteiger partial charge in [0.25, 0.3) is 0 Å². The summed E-state index contributed by atoms with van der Waals surface area (Å²) in [6.07, 6.45) is 1.70. The lowest BCUT2D eigenvalue weighted by Crippen LogP contribution is -2.20. The van der Waals surface area contributed by atoms with Gasteiger partial charge >= 0.3 is 0 Å². The molecule has 0 heterocycles. The monoisotopic (exact) mass is 275 g/mol. The summed E-state index contributed by atoms with van der Waals surface area (Å²) in [5.41, 5.74) is 0. The van der Waals surface area contributed by atoms with Gasteiger partial charge in [0.05, 0.1) is 12.0 Å². The largest absolute Gasteiger partial charge is 0.497 e. The molecule has 0 unspecified atom stereocenters. The average Bonchev–Trinajstić information content (AvgIpc) is 2.36. The van der Waals surface area contributed by atoms with E-state index in [-0.39, 0.29) is 4.90 Å². The molecule has 0 radical (unpaired) electrons. The summed E-state index contributed by atoms with van der Waals surface area (Å²) in [4.78, 5) is 0.285. The third kappa shape index (κ3) is 3.95. The van der Waals surface area contributed by atoms with E-state index in [4.69, 9.17) is 4.74 Å². The van der Waals surface area contributed by atoms with Gasteiger partial charge in [-0.3, -0.25) is 0 Å². The molecular formula is C11H18NO3PS. The van der Waals surface area contributed by atoms with E-state index in [1.165, 1.54) is 0 Å². The van der Waals surface area contributed by atoms with E-state index >= 15 is 0 Å². The van der Waals surface area contributed by atoms with Crippen molar-refractivity contribution in [2.75, 3.05) is 19.4 Å². The minimum Gasteiger partial charge on any atom is -0.497 e.